The number of para-hydroxylation sites is 1. The second-order valence-corrected chi connectivity index (χ2v) is 7.85. The summed E-state index contributed by atoms with van der Waals surface area (Å²) in [6.07, 6.45) is 1.42. The summed E-state index contributed by atoms with van der Waals surface area (Å²) in [4.78, 5) is 2.20. The summed E-state index contributed by atoms with van der Waals surface area (Å²) >= 11 is 0. The Kier molecular flexibility index (Phi) is 6.00. The fourth-order valence-electron chi connectivity index (χ4n) is 2.66. The van der Waals surface area contributed by atoms with Crippen LogP contribution in [0.1, 0.15) is 26.2 Å². The molecule has 1 saturated heterocycles. The number of methoxy groups -OCH3 is 1. The first-order valence-corrected chi connectivity index (χ1v) is 9.35. The van der Waals surface area contributed by atoms with Gasteiger partial charge in [0.05, 0.1) is 5.69 Å². The number of halogens is 1. The third-order valence-electron chi connectivity index (χ3n) is 4.12. The molecule has 23 heavy (non-hydrogen) atoms. The van der Waals surface area contributed by atoms with E-state index in [-0.39, 0.29) is 4.90 Å². The molecular formula is C16H25FN2O3S. The lowest BCUT2D eigenvalue weighted by molar-refractivity contribution is 0.149. The molecule has 0 saturated carbocycles. The van der Waals surface area contributed by atoms with Crippen molar-refractivity contribution in [2.75, 3.05) is 38.3 Å². The second kappa shape index (κ2) is 7.59. The lowest BCUT2D eigenvalue weighted by atomic mass is 9.95. The summed E-state index contributed by atoms with van der Waals surface area (Å²) < 4.78 is 46.6. The van der Waals surface area contributed by atoms with Gasteiger partial charge >= 0.3 is 0 Å². The average Bonchev–Trinajstić information content (AvgIpc) is 2.52. The number of nitrogens with one attached hydrogen (secondary N) is 1. The smallest absolute Gasteiger partial charge is 0.242 e. The van der Waals surface area contributed by atoms with E-state index in [0.29, 0.717) is 51.2 Å². The van der Waals surface area contributed by atoms with Crippen LogP contribution in [-0.4, -0.2) is 47.4 Å². The summed E-state index contributed by atoms with van der Waals surface area (Å²) in [5, 5.41) is 0. The molecule has 0 amide bonds. The van der Waals surface area contributed by atoms with E-state index in [0.717, 1.165) is 0 Å². The quantitative estimate of drug-likeness (QED) is 0.771. The summed E-state index contributed by atoms with van der Waals surface area (Å²) in [5.41, 5.74) is -0.523. The Hall–Kier alpha value is -1.18. The molecule has 0 aromatic heterocycles. The predicted octanol–water partition coefficient (Wildman–Crippen LogP) is 2.33. The van der Waals surface area contributed by atoms with Gasteiger partial charge in [-0.3, -0.25) is 0 Å². The molecule has 1 aliphatic rings. The highest BCUT2D eigenvalue weighted by Gasteiger charge is 2.31. The highest BCUT2D eigenvalue weighted by molar-refractivity contribution is 7.89. The number of hydrogen-bond acceptors (Lipinski definition) is 4. The minimum atomic E-state index is -3.59. The Morgan fingerprint density at radius 1 is 1.30 bits per heavy atom. The summed E-state index contributed by atoms with van der Waals surface area (Å²) in [5.74, 6) is 0. The van der Waals surface area contributed by atoms with Crippen LogP contribution in [0.2, 0.25) is 0 Å². The zero-order valence-electron chi connectivity index (χ0n) is 13.7. The van der Waals surface area contributed by atoms with Crippen LogP contribution >= 0.6 is 0 Å². The molecule has 5 nitrogen and oxygen atoms in total. The van der Waals surface area contributed by atoms with Gasteiger partial charge in [-0.25, -0.2) is 17.5 Å². The van der Waals surface area contributed by atoms with E-state index in [2.05, 4.69) is 4.72 Å². The molecule has 0 spiro atoms. The number of alkyl halides is 1. The van der Waals surface area contributed by atoms with Crippen LogP contribution < -0.4 is 9.62 Å². The predicted molar refractivity (Wildman–Crippen MR) is 89.1 cm³/mol. The van der Waals surface area contributed by atoms with Gasteiger partial charge in [0.15, 0.2) is 0 Å². The number of nitrogens with zero attached hydrogens (tertiary/aromatic N) is 1. The summed E-state index contributed by atoms with van der Waals surface area (Å²) in [6.45, 7) is 3.47. The number of sulfonamides is 1. The Morgan fingerprint density at radius 3 is 2.61 bits per heavy atom. The van der Waals surface area contributed by atoms with Crippen LogP contribution in [0.3, 0.4) is 0 Å². The number of anilines is 1. The molecule has 130 valence electrons. The Balaban J connectivity index is 2.14. The van der Waals surface area contributed by atoms with Crippen LogP contribution in [0, 0.1) is 0 Å². The number of benzene rings is 1. The first-order valence-electron chi connectivity index (χ1n) is 7.87. The van der Waals surface area contributed by atoms with Crippen LogP contribution in [0.25, 0.3) is 0 Å². The zero-order chi connectivity index (χ0) is 16.9. The molecule has 1 aromatic rings. The minimum Gasteiger partial charge on any atom is -0.385 e. The molecule has 0 radical (unpaired) electrons. The Bertz CT molecular complexity index is 610. The Morgan fingerprint density at radius 2 is 1.96 bits per heavy atom. The standard InChI is InChI=1S/C16H25FN2O3S/c1-16(17)8-11-19(12-9-16)14-6-3-4-7-15(14)23(20,21)18-10-5-13-22-2/h3-4,6-7,18H,5,8-13H2,1-2H3. The van der Waals surface area contributed by atoms with Crippen LogP contribution in [0.5, 0.6) is 0 Å². The normalized spacial score (nSPS) is 18.1. The number of ether oxygens (including phenoxy) is 1. The zero-order valence-corrected chi connectivity index (χ0v) is 14.5. The van der Waals surface area contributed by atoms with Crippen molar-refractivity contribution in [1.29, 1.82) is 0 Å². The molecule has 0 unspecified atom stereocenters. The lowest BCUT2D eigenvalue weighted by Crippen LogP contribution is -2.41. The van der Waals surface area contributed by atoms with Gasteiger partial charge in [0.25, 0.3) is 0 Å². The van der Waals surface area contributed by atoms with Gasteiger partial charge in [-0.1, -0.05) is 12.1 Å². The van der Waals surface area contributed by atoms with Gasteiger partial charge in [0.2, 0.25) is 10.0 Å². The van der Waals surface area contributed by atoms with Crippen LogP contribution in [0.4, 0.5) is 10.1 Å². The van der Waals surface area contributed by atoms with Crippen molar-refractivity contribution in [3.05, 3.63) is 24.3 Å². The molecule has 1 aliphatic heterocycles. The minimum absolute atomic E-state index is 0.250. The van der Waals surface area contributed by atoms with E-state index in [1.165, 1.54) is 0 Å². The van der Waals surface area contributed by atoms with Gasteiger partial charge in [0, 0.05) is 33.4 Å². The summed E-state index contributed by atoms with van der Waals surface area (Å²) in [6, 6.07) is 6.89. The first kappa shape index (κ1) is 18.2. The number of hydrogen-bond donors (Lipinski definition) is 1. The van der Waals surface area contributed by atoms with Crippen molar-refractivity contribution in [3.8, 4) is 0 Å². The fraction of sp³-hybridized carbons (Fsp3) is 0.625. The maximum absolute atomic E-state index is 14.0. The van der Waals surface area contributed by atoms with Gasteiger partial charge in [-0.15, -0.1) is 0 Å². The first-order chi connectivity index (χ1) is 10.9. The third-order valence-corrected chi connectivity index (χ3v) is 5.63. The Labute approximate surface area is 137 Å². The van der Waals surface area contributed by atoms with Crippen molar-refractivity contribution in [2.24, 2.45) is 0 Å². The summed E-state index contributed by atoms with van der Waals surface area (Å²) in [7, 11) is -2.01. The van der Waals surface area contributed by atoms with Gasteiger partial charge in [-0.05, 0) is 38.3 Å². The van der Waals surface area contributed by atoms with E-state index >= 15 is 0 Å². The monoisotopic (exact) mass is 344 g/mol. The molecule has 1 aromatic carbocycles. The van der Waals surface area contributed by atoms with E-state index in [1.807, 2.05) is 11.0 Å². The second-order valence-electron chi connectivity index (χ2n) is 6.11. The topological polar surface area (TPSA) is 58.6 Å². The molecule has 0 bridgehead atoms. The van der Waals surface area contributed by atoms with Crippen molar-refractivity contribution in [1.82, 2.24) is 4.72 Å². The molecule has 7 heteroatoms. The highest BCUT2D eigenvalue weighted by atomic mass is 32.2. The largest absolute Gasteiger partial charge is 0.385 e. The molecule has 1 heterocycles. The molecule has 1 fully saturated rings. The van der Waals surface area contributed by atoms with Crippen molar-refractivity contribution in [3.63, 3.8) is 0 Å². The molecule has 0 aliphatic carbocycles. The van der Waals surface area contributed by atoms with Crippen molar-refractivity contribution < 1.29 is 17.5 Å². The van der Waals surface area contributed by atoms with Gasteiger partial charge < -0.3 is 9.64 Å². The number of rotatable bonds is 7. The maximum atomic E-state index is 14.0. The van der Waals surface area contributed by atoms with Crippen LogP contribution in [-0.2, 0) is 14.8 Å². The third kappa shape index (κ3) is 4.89. The average molecular weight is 344 g/mol. The lowest BCUT2D eigenvalue weighted by Gasteiger charge is -2.36. The van der Waals surface area contributed by atoms with Gasteiger partial charge in [0.1, 0.15) is 10.6 Å². The number of piperidine rings is 1. The SMILES string of the molecule is COCCCNS(=O)(=O)c1ccccc1N1CCC(C)(F)CC1. The van der Waals surface area contributed by atoms with Gasteiger partial charge in [-0.2, -0.15) is 0 Å². The molecular weight excluding hydrogens is 319 g/mol. The molecule has 0 atom stereocenters. The fourth-order valence-corrected chi connectivity index (χ4v) is 3.96. The van der Waals surface area contributed by atoms with Crippen LogP contribution in [0.15, 0.2) is 29.2 Å². The molecule has 1 N–H and O–H groups in total. The van der Waals surface area contributed by atoms with E-state index in [9.17, 15) is 12.8 Å². The maximum Gasteiger partial charge on any atom is 0.242 e. The molecule has 2 rings (SSSR count). The highest BCUT2D eigenvalue weighted by Crippen LogP contribution is 2.32. The van der Waals surface area contributed by atoms with E-state index < -0.39 is 15.7 Å². The van der Waals surface area contributed by atoms with Crippen molar-refractivity contribution in [2.45, 2.75) is 36.8 Å². The van der Waals surface area contributed by atoms with E-state index in [4.69, 9.17) is 4.74 Å². The van der Waals surface area contributed by atoms with E-state index in [1.54, 1.807) is 32.2 Å². The van der Waals surface area contributed by atoms with Crippen molar-refractivity contribution >= 4 is 15.7 Å².